The molecule has 1 aliphatic rings. The molecule has 1 nitrogen and oxygen atoms in total. The largest absolute Gasteiger partial charge is 0.455 e. The van der Waals surface area contributed by atoms with Gasteiger partial charge in [0.05, 0.1) is 19.2 Å². The third-order valence-electron chi connectivity index (χ3n) is 9.54. The summed E-state index contributed by atoms with van der Waals surface area (Å²) in [6.45, 7) is 0. The highest BCUT2D eigenvalue weighted by molar-refractivity contribution is 6.25. The maximum Gasteiger partial charge on any atom is 0.143 e. The highest BCUT2D eigenvalue weighted by atomic mass is 16.5. The van der Waals surface area contributed by atoms with Crippen LogP contribution in [-0.2, 0) is 0 Å². The van der Waals surface area contributed by atoms with Crippen LogP contribution in [0.25, 0.3) is 98.4 Å². The third kappa shape index (κ3) is 3.82. The normalized spacial score (nSPS) is 16.2. The van der Waals surface area contributed by atoms with Crippen LogP contribution in [0, 0.1) is 0 Å². The van der Waals surface area contributed by atoms with Crippen molar-refractivity contribution >= 4 is 53.9 Å². The van der Waals surface area contributed by atoms with Crippen molar-refractivity contribution in [3.8, 4) is 56.0 Å². The molecule has 11 rings (SSSR count). The third-order valence-corrected chi connectivity index (χ3v) is 9.54. The average Bonchev–Trinajstić information content (AvgIpc) is 3.29. The molecule has 0 unspecified atom stereocenters. The Bertz CT molecular complexity index is 3710. The van der Waals surface area contributed by atoms with Gasteiger partial charge < -0.3 is 4.74 Å². The van der Waals surface area contributed by atoms with E-state index in [1.54, 1.807) is 12.1 Å². The van der Waals surface area contributed by atoms with Gasteiger partial charge in [-0.25, -0.2) is 0 Å². The van der Waals surface area contributed by atoms with Gasteiger partial charge in [0, 0.05) is 16.3 Å². The van der Waals surface area contributed by atoms with Crippen molar-refractivity contribution in [1.82, 2.24) is 0 Å². The number of ether oxygens (including phenoxy) is 1. The van der Waals surface area contributed by atoms with E-state index >= 15 is 0 Å². The summed E-state index contributed by atoms with van der Waals surface area (Å²) in [7, 11) is 0. The zero-order valence-corrected chi connectivity index (χ0v) is 25.5. The Morgan fingerprint density at radius 2 is 1.08 bits per heavy atom. The van der Waals surface area contributed by atoms with Gasteiger partial charge >= 0.3 is 0 Å². The monoisotopic (exact) mass is 634 g/mol. The van der Waals surface area contributed by atoms with Crippen LogP contribution in [0.2, 0.25) is 0 Å². The first-order valence-electron chi connectivity index (χ1n) is 22.8. The van der Waals surface area contributed by atoms with Gasteiger partial charge in [0.25, 0.3) is 0 Å². The molecule has 0 aliphatic carbocycles. The lowest BCUT2D eigenvalue weighted by molar-refractivity contribution is 0.493. The fourth-order valence-electron chi connectivity index (χ4n) is 7.42. The molecule has 0 saturated heterocycles. The minimum absolute atomic E-state index is 0.0776. The molecule has 10 aromatic rings. The minimum atomic E-state index is -0.528. The van der Waals surface area contributed by atoms with Crippen molar-refractivity contribution in [2.24, 2.45) is 0 Å². The Balaban J connectivity index is 1.16. The van der Waals surface area contributed by atoms with Gasteiger partial charge in [-0.05, 0) is 100 Å². The number of rotatable bonds is 3. The molecule has 1 heterocycles. The molecular formula is C48H28O. The van der Waals surface area contributed by atoms with Crippen LogP contribution in [0.4, 0.5) is 0 Å². The number of hydrogen-bond acceptors (Lipinski definition) is 1. The van der Waals surface area contributed by atoms with Crippen LogP contribution in [0.1, 0.15) is 19.2 Å². The molecule has 0 bridgehead atoms. The lowest BCUT2D eigenvalue weighted by atomic mass is 9.86. The topological polar surface area (TPSA) is 9.23 Å². The van der Waals surface area contributed by atoms with Gasteiger partial charge in [-0.15, -0.1) is 0 Å². The van der Waals surface area contributed by atoms with Gasteiger partial charge in [-0.2, -0.15) is 0 Å². The lowest BCUT2D eigenvalue weighted by Gasteiger charge is -2.25. The summed E-state index contributed by atoms with van der Waals surface area (Å²) >= 11 is 0. The van der Waals surface area contributed by atoms with E-state index < -0.39 is 54.4 Å². The molecule has 0 fully saturated rings. The van der Waals surface area contributed by atoms with Crippen LogP contribution in [0.3, 0.4) is 0 Å². The van der Waals surface area contributed by atoms with E-state index in [-0.39, 0.29) is 73.7 Å². The van der Waals surface area contributed by atoms with Crippen molar-refractivity contribution in [3.63, 3.8) is 0 Å². The van der Waals surface area contributed by atoms with Crippen molar-refractivity contribution < 1.29 is 23.9 Å². The first-order valence-corrected chi connectivity index (χ1v) is 15.8. The molecule has 1 aliphatic heterocycles. The second-order valence-electron chi connectivity index (χ2n) is 12.1. The predicted octanol–water partition coefficient (Wildman–Crippen LogP) is 13.7. The maximum absolute atomic E-state index is 9.32. The van der Waals surface area contributed by atoms with E-state index in [0.29, 0.717) is 44.5 Å². The van der Waals surface area contributed by atoms with Crippen molar-refractivity contribution in [2.45, 2.75) is 0 Å². The molecule has 0 spiro atoms. The summed E-state index contributed by atoms with van der Waals surface area (Å²) in [5.74, 6) is 1.13. The van der Waals surface area contributed by atoms with Gasteiger partial charge in [0.2, 0.25) is 0 Å². The fourth-order valence-corrected chi connectivity index (χ4v) is 7.42. The van der Waals surface area contributed by atoms with E-state index in [4.69, 9.17) is 19.8 Å². The molecule has 0 saturated carbocycles. The SMILES string of the molecule is [2H]c1c([2H])c([2H])c(-c2cc3c(c4ccccc24)Oc2ccc(-c4cccc(-c5c([2H])c([2H])c6c([2H])c([2H])c7c([2H])c([2H])c([2H])c8c([2H])c([2H])c5c6c78)c4)c4cccc-3c24)c([2H])c1[2H]. The molecular weight excluding hydrogens is 593 g/mol. The van der Waals surface area contributed by atoms with Gasteiger partial charge in [0.15, 0.2) is 0 Å². The van der Waals surface area contributed by atoms with Crippen LogP contribution >= 0.6 is 0 Å². The Hall–Kier alpha value is -6.44. The number of fused-ring (bicyclic) bond motifs is 4. The smallest absolute Gasteiger partial charge is 0.143 e. The molecule has 0 radical (unpaired) electrons. The first-order chi connectivity index (χ1) is 30.1. The van der Waals surface area contributed by atoms with Gasteiger partial charge in [-0.1, -0.05) is 151 Å². The molecule has 10 aromatic carbocycles. The first kappa shape index (κ1) is 16.6. The predicted molar refractivity (Wildman–Crippen MR) is 207 cm³/mol. The summed E-state index contributed by atoms with van der Waals surface area (Å²) in [5.41, 5.74) is 4.04. The Kier molecular flexibility index (Phi) is 3.40. The summed E-state index contributed by atoms with van der Waals surface area (Å²) in [6.07, 6.45) is 0. The zero-order valence-electron chi connectivity index (χ0n) is 39.5. The Morgan fingerprint density at radius 1 is 0.367 bits per heavy atom. The molecule has 0 N–H and O–H groups in total. The molecule has 0 aromatic heterocycles. The van der Waals surface area contributed by atoms with Crippen molar-refractivity contribution in [3.05, 3.63) is 170 Å². The summed E-state index contributed by atoms with van der Waals surface area (Å²) in [6, 6.07) is 20.3. The van der Waals surface area contributed by atoms with Crippen LogP contribution in [0.15, 0.2) is 170 Å². The maximum atomic E-state index is 9.32. The van der Waals surface area contributed by atoms with Gasteiger partial charge in [0.1, 0.15) is 11.5 Å². The summed E-state index contributed by atoms with van der Waals surface area (Å²) < 4.78 is 130. The Morgan fingerprint density at radius 3 is 1.94 bits per heavy atom. The summed E-state index contributed by atoms with van der Waals surface area (Å²) in [5, 5.41) is 2.91. The number of benzene rings is 10. The van der Waals surface area contributed by atoms with Crippen molar-refractivity contribution in [2.75, 3.05) is 0 Å². The highest BCUT2D eigenvalue weighted by Crippen LogP contribution is 2.53. The molecule has 0 atom stereocenters. The molecule has 1 heteroatoms. The zero-order chi connectivity index (χ0) is 44.2. The Labute approximate surface area is 303 Å². The van der Waals surface area contributed by atoms with E-state index in [2.05, 4.69) is 0 Å². The van der Waals surface area contributed by atoms with E-state index in [1.165, 1.54) is 0 Å². The average molecular weight is 635 g/mol. The van der Waals surface area contributed by atoms with Crippen LogP contribution in [-0.4, -0.2) is 0 Å². The van der Waals surface area contributed by atoms with E-state index in [1.807, 2.05) is 72.8 Å². The van der Waals surface area contributed by atoms with E-state index in [0.717, 1.165) is 21.9 Å². The quantitative estimate of drug-likeness (QED) is 0.176. The number of hydrogen-bond donors (Lipinski definition) is 0. The van der Waals surface area contributed by atoms with Crippen molar-refractivity contribution in [1.29, 1.82) is 0 Å². The fraction of sp³-hybridized carbons (Fsp3) is 0. The standard InChI is InChI=1S/C48H28O/c1-2-9-29(10-3-1)42-28-43-39-18-8-17-38-36(25-26-44(47(38)39)49-48(43)41-16-5-4-15-37(41)42)34-14-7-13-33(27-34)35-23-21-32-20-19-30-11-6-12-31-22-24-40(35)46(32)45(30)31/h1-28H/i1D,2D,3D,6D,9D,10D,11D,12D,19D,20D,21D,22D,23D,24D. The minimum Gasteiger partial charge on any atom is -0.455 e. The summed E-state index contributed by atoms with van der Waals surface area (Å²) in [4.78, 5) is 0. The van der Waals surface area contributed by atoms with Crippen LogP contribution < -0.4 is 4.74 Å². The highest BCUT2D eigenvalue weighted by Gasteiger charge is 2.25. The second-order valence-corrected chi connectivity index (χ2v) is 12.1. The molecule has 226 valence electrons. The van der Waals surface area contributed by atoms with Crippen LogP contribution in [0.5, 0.6) is 11.5 Å². The second kappa shape index (κ2) is 10.0. The lowest BCUT2D eigenvalue weighted by Crippen LogP contribution is -2.00. The van der Waals surface area contributed by atoms with Gasteiger partial charge in [-0.3, -0.25) is 0 Å². The molecule has 0 amide bonds. The van der Waals surface area contributed by atoms with E-state index in [9.17, 15) is 4.11 Å². The molecule has 49 heavy (non-hydrogen) atoms.